The van der Waals surface area contributed by atoms with Crippen LogP contribution >= 0.6 is 0 Å². The molecule has 0 aliphatic carbocycles. The van der Waals surface area contributed by atoms with Crippen LogP contribution in [0, 0.1) is 0 Å². The van der Waals surface area contributed by atoms with Gasteiger partial charge in [0.05, 0.1) is 0 Å². The standard InChI is InChI=1S/C48H30N4O/c1-3-14-34(15-4-1)45-50-46(35-27-25-32(26-28-35)38-23-11-18-31-13-7-8-20-37(31)38)52-47(51-45)41-22-10-9-21-39(41)40-24-12-19-33-29-30-42-44(43(33)40)53-48(49-42)36-16-5-2-6-17-36/h1-30H. The van der Waals surface area contributed by atoms with Crippen LogP contribution in [-0.4, -0.2) is 19.9 Å². The van der Waals surface area contributed by atoms with Crippen LogP contribution in [0.1, 0.15) is 0 Å². The zero-order valence-electron chi connectivity index (χ0n) is 28.5. The number of fused-ring (bicyclic) bond motifs is 4. The van der Waals surface area contributed by atoms with Crippen LogP contribution in [0.4, 0.5) is 0 Å². The molecular weight excluding hydrogens is 649 g/mol. The summed E-state index contributed by atoms with van der Waals surface area (Å²) in [4.78, 5) is 20.2. The van der Waals surface area contributed by atoms with Crippen LogP contribution in [-0.2, 0) is 0 Å². The lowest BCUT2D eigenvalue weighted by Crippen LogP contribution is -2.01. The van der Waals surface area contributed by atoms with E-state index >= 15 is 0 Å². The molecule has 0 atom stereocenters. The van der Waals surface area contributed by atoms with Crippen molar-refractivity contribution < 1.29 is 4.42 Å². The van der Waals surface area contributed by atoms with E-state index in [1.165, 1.54) is 16.3 Å². The molecular formula is C48H30N4O. The van der Waals surface area contributed by atoms with Gasteiger partial charge in [0.25, 0.3) is 0 Å². The molecule has 0 aliphatic rings. The van der Waals surface area contributed by atoms with Crippen LogP contribution in [0.15, 0.2) is 186 Å². The molecule has 0 amide bonds. The van der Waals surface area contributed by atoms with Crippen LogP contribution in [0.2, 0.25) is 0 Å². The van der Waals surface area contributed by atoms with Gasteiger partial charge < -0.3 is 4.42 Å². The number of rotatable bonds is 6. The number of benzene rings is 8. The van der Waals surface area contributed by atoms with Crippen molar-refractivity contribution in [3.05, 3.63) is 182 Å². The lowest BCUT2D eigenvalue weighted by atomic mass is 9.93. The van der Waals surface area contributed by atoms with Gasteiger partial charge >= 0.3 is 0 Å². The highest BCUT2D eigenvalue weighted by molar-refractivity contribution is 6.12. The third-order valence-corrected chi connectivity index (χ3v) is 9.79. The highest BCUT2D eigenvalue weighted by Crippen LogP contribution is 2.40. The first-order valence-electron chi connectivity index (χ1n) is 17.6. The Labute approximate surface area is 305 Å². The number of aromatic nitrogens is 4. The first-order chi connectivity index (χ1) is 26.3. The summed E-state index contributed by atoms with van der Waals surface area (Å²) in [6.45, 7) is 0. The Morgan fingerprint density at radius 1 is 0.321 bits per heavy atom. The van der Waals surface area contributed by atoms with Gasteiger partial charge in [-0.05, 0) is 56.6 Å². The maximum absolute atomic E-state index is 6.54. The van der Waals surface area contributed by atoms with E-state index < -0.39 is 0 Å². The van der Waals surface area contributed by atoms with Gasteiger partial charge in [0.1, 0.15) is 5.52 Å². The number of nitrogens with zero attached hydrogens (tertiary/aromatic N) is 4. The van der Waals surface area contributed by atoms with E-state index in [4.69, 9.17) is 24.4 Å². The first-order valence-corrected chi connectivity index (χ1v) is 17.6. The van der Waals surface area contributed by atoms with Gasteiger partial charge in [-0.2, -0.15) is 0 Å². The zero-order valence-corrected chi connectivity index (χ0v) is 28.5. The summed E-state index contributed by atoms with van der Waals surface area (Å²) in [6, 6.07) is 62.3. The van der Waals surface area contributed by atoms with Gasteiger partial charge in [0.2, 0.25) is 5.89 Å². The molecule has 0 spiro atoms. The molecule has 5 heteroatoms. The molecule has 2 heterocycles. The highest BCUT2D eigenvalue weighted by Gasteiger charge is 2.20. The Kier molecular flexibility index (Phi) is 7.40. The minimum atomic E-state index is 0.592. The molecule has 10 aromatic rings. The molecule has 0 radical (unpaired) electrons. The van der Waals surface area contributed by atoms with Gasteiger partial charge in [-0.15, -0.1) is 0 Å². The molecule has 248 valence electrons. The molecule has 5 nitrogen and oxygen atoms in total. The number of hydrogen-bond acceptors (Lipinski definition) is 5. The van der Waals surface area contributed by atoms with E-state index in [0.29, 0.717) is 23.4 Å². The Bertz CT molecular complexity index is 2930. The second-order valence-corrected chi connectivity index (χ2v) is 13.0. The molecule has 0 aliphatic heterocycles. The normalized spacial score (nSPS) is 11.4. The maximum Gasteiger partial charge on any atom is 0.227 e. The SMILES string of the molecule is c1ccc(-c2nc(-c3ccc(-c4cccc5ccccc45)cc3)nc(-c3ccccc3-c3cccc4ccc5nc(-c6ccccc6)oc5c34)n2)cc1. The predicted molar refractivity (Wildman–Crippen MR) is 215 cm³/mol. The third kappa shape index (κ3) is 5.52. The smallest absolute Gasteiger partial charge is 0.227 e. The molecule has 0 N–H and O–H groups in total. The Balaban J connectivity index is 1.13. The van der Waals surface area contributed by atoms with Crippen molar-refractivity contribution in [2.75, 3.05) is 0 Å². The summed E-state index contributed by atoms with van der Waals surface area (Å²) >= 11 is 0. The Morgan fingerprint density at radius 3 is 1.64 bits per heavy atom. The van der Waals surface area contributed by atoms with Crippen LogP contribution in [0.25, 0.3) is 101 Å². The lowest BCUT2D eigenvalue weighted by Gasteiger charge is -2.14. The van der Waals surface area contributed by atoms with E-state index in [9.17, 15) is 0 Å². The van der Waals surface area contributed by atoms with Crippen molar-refractivity contribution in [1.82, 2.24) is 19.9 Å². The largest absolute Gasteiger partial charge is 0.435 e. The fraction of sp³-hybridized carbons (Fsp3) is 0. The van der Waals surface area contributed by atoms with Crippen molar-refractivity contribution >= 4 is 32.6 Å². The third-order valence-electron chi connectivity index (χ3n) is 9.79. The van der Waals surface area contributed by atoms with Gasteiger partial charge in [0, 0.05) is 27.6 Å². The molecule has 0 bridgehead atoms. The predicted octanol–water partition coefficient (Wildman–Crippen LogP) is 12.3. The molecule has 0 saturated heterocycles. The molecule has 53 heavy (non-hydrogen) atoms. The second-order valence-electron chi connectivity index (χ2n) is 13.0. The highest BCUT2D eigenvalue weighted by atomic mass is 16.3. The summed E-state index contributed by atoms with van der Waals surface area (Å²) in [5.41, 5.74) is 9.56. The van der Waals surface area contributed by atoms with E-state index in [-0.39, 0.29) is 0 Å². The molecule has 0 saturated carbocycles. The van der Waals surface area contributed by atoms with Crippen molar-refractivity contribution in [2.24, 2.45) is 0 Å². The quantitative estimate of drug-likeness (QED) is 0.175. The van der Waals surface area contributed by atoms with Crippen molar-refractivity contribution in [2.45, 2.75) is 0 Å². The summed E-state index contributed by atoms with van der Waals surface area (Å²) in [7, 11) is 0. The molecule has 0 unspecified atom stereocenters. The fourth-order valence-corrected chi connectivity index (χ4v) is 7.21. The topological polar surface area (TPSA) is 64.7 Å². The summed E-state index contributed by atoms with van der Waals surface area (Å²) in [5.74, 6) is 2.41. The fourth-order valence-electron chi connectivity index (χ4n) is 7.21. The van der Waals surface area contributed by atoms with E-state index in [1.54, 1.807) is 0 Å². The number of hydrogen-bond donors (Lipinski definition) is 0. The Morgan fingerprint density at radius 2 is 0.868 bits per heavy atom. The lowest BCUT2D eigenvalue weighted by molar-refractivity contribution is 0.623. The van der Waals surface area contributed by atoms with Gasteiger partial charge in [-0.1, -0.05) is 164 Å². The van der Waals surface area contributed by atoms with Gasteiger partial charge in [-0.25, -0.2) is 19.9 Å². The summed E-state index contributed by atoms with van der Waals surface area (Å²) in [5, 5.41) is 4.50. The minimum absolute atomic E-state index is 0.592. The molecule has 0 fully saturated rings. The van der Waals surface area contributed by atoms with Crippen LogP contribution in [0.5, 0.6) is 0 Å². The van der Waals surface area contributed by atoms with Gasteiger partial charge in [0.15, 0.2) is 23.1 Å². The van der Waals surface area contributed by atoms with Crippen molar-refractivity contribution in [3.63, 3.8) is 0 Å². The van der Waals surface area contributed by atoms with Gasteiger partial charge in [-0.3, -0.25) is 0 Å². The van der Waals surface area contributed by atoms with E-state index in [0.717, 1.165) is 60.8 Å². The van der Waals surface area contributed by atoms with E-state index in [2.05, 4.69) is 109 Å². The molecule has 2 aromatic heterocycles. The summed E-state index contributed by atoms with van der Waals surface area (Å²) in [6.07, 6.45) is 0. The monoisotopic (exact) mass is 678 g/mol. The molecule has 10 rings (SSSR count). The van der Waals surface area contributed by atoms with Crippen LogP contribution in [0.3, 0.4) is 0 Å². The first kappa shape index (κ1) is 30.6. The van der Waals surface area contributed by atoms with Crippen molar-refractivity contribution in [1.29, 1.82) is 0 Å². The Hall–Kier alpha value is -7.24. The average molecular weight is 679 g/mol. The second kappa shape index (κ2) is 12.8. The molecule has 8 aromatic carbocycles. The van der Waals surface area contributed by atoms with Crippen LogP contribution < -0.4 is 0 Å². The van der Waals surface area contributed by atoms with E-state index in [1.807, 2.05) is 72.8 Å². The minimum Gasteiger partial charge on any atom is -0.435 e. The maximum atomic E-state index is 6.54. The average Bonchev–Trinajstić information content (AvgIpc) is 3.69. The number of oxazole rings is 1. The zero-order chi connectivity index (χ0) is 35.1. The summed E-state index contributed by atoms with van der Waals surface area (Å²) < 4.78 is 6.54. The van der Waals surface area contributed by atoms with Crippen molar-refractivity contribution in [3.8, 4) is 67.9 Å².